The first-order valence-electron chi connectivity index (χ1n) is 6.76. The first-order chi connectivity index (χ1) is 9.49. The van der Waals surface area contributed by atoms with Crippen LogP contribution in [0.15, 0.2) is 24.3 Å². The van der Waals surface area contributed by atoms with Gasteiger partial charge in [-0.3, -0.25) is 4.79 Å². The van der Waals surface area contributed by atoms with Crippen molar-refractivity contribution < 1.29 is 9.53 Å². The summed E-state index contributed by atoms with van der Waals surface area (Å²) in [5, 5.41) is 2.80. The Bertz CT molecular complexity index is 461. The monoisotopic (exact) mass is 294 g/mol. The molecule has 1 amide bonds. The molecule has 0 saturated carbocycles. The van der Waals surface area contributed by atoms with E-state index in [1.807, 2.05) is 12.1 Å². The van der Waals surface area contributed by atoms with Crippen molar-refractivity contribution in [3.63, 3.8) is 0 Å². The highest BCUT2D eigenvalue weighted by Crippen LogP contribution is 2.11. The number of nitrogens with two attached hydrogens (primary N) is 1. The Balaban J connectivity index is 2.32. The van der Waals surface area contributed by atoms with Crippen molar-refractivity contribution >= 4 is 28.8 Å². The van der Waals surface area contributed by atoms with Crippen molar-refractivity contribution in [2.45, 2.75) is 26.7 Å². The van der Waals surface area contributed by atoms with Gasteiger partial charge < -0.3 is 15.8 Å². The van der Waals surface area contributed by atoms with E-state index in [4.69, 9.17) is 22.7 Å². The standard InChI is InChI=1S/C15H22N2O2S/c1-11(2)6-8-19-9-7-14(18)17-13-5-3-4-12(10-13)15(16)20/h3-5,10-11H,6-9H2,1-2H3,(H2,16,20)(H,17,18). The quantitative estimate of drug-likeness (QED) is 0.571. The fraction of sp³-hybridized carbons (Fsp3) is 0.467. The van der Waals surface area contributed by atoms with Crippen LogP contribution in [0, 0.1) is 5.92 Å². The van der Waals surface area contributed by atoms with Crippen LogP contribution in [0.3, 0.4) is 0 Å². The third-order valence-corrected chi connectivity index (χ3v) is 2.98. The van der Waals surface area contributed by atoms with Crippen LogP contribution >= 0.6 is 12.2 Å². The number of benzene rings is 1. The van der Waals surface area contributed by atoms with Crippen LogP contribution in [-0.2, 0) is 9.53 Å². The van der Waals surface area contributed by atoms with Gasteiger partial charge in [0.1, 0.15) is 4.99 Å². The van der Waals surface area contributed by atoms with Crippen molar-refractivity contribution in [1.82, 2.24) is 0 Å². The molecule has 110 valence electrons. The molecule has 0 radical (unpaired) electrons. The Morgan fingerprint density at radius 2 is 2.15 bits per heavy atom. The number of amides is 1. The molecule has 0 bridgehead atoms. The number of ether oxygens (including phenoxy) is 1. The van der Waals surface area contributed by atoms with Gasteiger partial charge in [-0.1, -0.05) is 38.2 Å². The van der Waals surface area contributed by atoms with Gasteiger partial charge in [0.25, 0.3) is 0 Å². The second-order valence-electron chi connectivity index (χ2n) is 5.04. The molecule has 0 aliphatic carbocycles. The summed E-state index contributed by atoms with van der Waals surface area (Å²) < 4.78 is 5.41. The van der Waals surface area contributed by atoms with Gasteiger partial charge in [0.05, 0.1) is 13.0 Å². The Morgan fingerprint density at radius 3 is 2.80 bits per heavy atom. The third-order valence-electron chi connectivity index (χ3n) is 2.74. The molecular formula is C15H22N2O2S. The average Bonchev–Trinajstić information content (AvgIpc) is 2.38. The Labute approximate surface area is 125 Å². The molecular weight excluding hydrogens is 272 g/mol. The molecule has 0 aromatic heterocycles. The molecule has 1 rings (SSSR count). The summed E-state index contributed by atoms with van der Waals surface area (Å²) in [6.07, 6.45) is 1.35. The lowest BCUT2D eigenvalue weighted by atomic mass is 10.1. The van der Waals surface area contributed by atoms with Crippen molar-refractivity contribution in [3.8, 4) is 0 Å². The number of carbonyl (C=O) groups is 1. The number of rotatable bonds is 8. The van der Waals surface area contributed by atoms with E-state index in [0.717, 1.165) is 12.0 Å². The molecule has 0 aliphatic rings. The molecule has 0 spiro atoms. The van der Waals surface area contributed by atoms with E-state index in [-0.39, 0.29) is 5.91 Å². The third kappa shape index (κ3) is 6.63. The summed E-state index contributed by atoms with van der Waals surface area (Å²) in [4.78, 5) is 12.1. The number of hydrogen-bond donors (Lipinski definition) is 2. The van der Waals surface area contributed by atoms with Crippen molar-refractivity contribution in [2.24, 2.45) is 11.7 Å². The summed E-state index contributed by atoms with van der Waals surface area (Å²) in [6.45, 7) is 5.42. The predicted molar refractivity (Wildman–Crippen MR) is 85.9 cm³/mol. The van der Waals surface area contributed by atoms with E-state index in [9.17, 15) is 4.79 Å². The second kappa shape index (κ2) is 8.66. The Morgan fingerprint density at radius 1 is 1.40 bits per heavy atom. The van der Waals surface area contributed by atoms with Crippen LogP contribution in [0.4, 0.5) is 5.69 Å². The van der Waals surface area contributed by atoms with Gasteiger partial charge in [-0.15, -0.1) is 0 Å². The molecule has 0 atom stereocenters. The van der Waals surface area contributed by atoms with Crippen LogP contribution in [-0.4, -0.2) is 24.1 Å². The molecule has 0 fully saturated rings. The van der Waals surface area contributed by atoms with E-state index in [1.54, 1.807) is 12.1 Å². The van der Waals surface area contributed by atoms with Crippen molar-refractivity contribution in [2.75, 3.05) is 18.5 Å². The minimum Gasteiger partial charge on any atom is -0.389 e. The van der Waals surface area contributed by atoms with Gasteiger partial charge in [-0.25, -0.2) is 0 Å². The number of hydrogen-bond acceptors (Lipinski definition) is 3. The molecule has 0 saturated heterocycles. The molecule has 4 nitrogen and oxygen atoms in total. The van der Waals surface area contributed by atoms with Gasteiger partial charge in [-0.05, 0) is 24.5 Å². The van der Waals surface area contributed by atoms with Crippen LogP contribution in [0.2, 0.25) is 0 Å². The largest absolute Gasteiger partial charge is 0.389 e. The zero-order chi connectivity index (χ0) is 15.0. The minimum atomic E-state index is -0.0744. The van der Waals surface area contributed by atoms with Gasteiger partial charge in [0.15, 0.2) is 0 Å². The molecule has 5 heteroatoms. The maximum atomic E-state index is 11.7. The average molecular weight is 294 g/mol. The van der Waals surface area contributed by atoms with Crippen LogP contribution in [0.25, 0.3) is 0 Å². The van der Waals surface area contributed by atoms with Crippen molar-refractivity contribution in [3.05, 3.63) is 29.8 Å². The van der Waals surface area contributed by atoms with E-state index < -0.39 is 0 Å². The molecule has 1 aromatic rings. The highest BCUT2D eigenvalue weighted by molar-refractivity contribution is 7.80. The van der Waals surface area contributed by atoms with E-state index >= 15 is 0 Å². The molecule has 0 aliphatic heterocycles. The summed E-state index contributed by atoms with van der Waals surface area (Å²) in [6, 6.07) is 7.19. The van der Waals surface area contributed by atoms with Gasteiger partial charge in [0, 0.05) is 17.9 Å². The number of nitrogens with one attached hydrogen (secondary N) is 1. The predicted octanol–water partition coefficient (Wildman–Crippen LogP) is 2.71. The normalized spacial score (nSPS) is 10.6. The first-order valence-corrected chi connectivity index (χ1v) is 7.17. The molecule has 0 unspecified atom stereocenters. The number of carbonyl (C=O) groups excluding carboxylic acids is 1. The lowest BCUT2D eigenvalue weighted by Gasteiger charge is -2.08. The van der Waals surface area contributed by atoms with E-state index in [1.165, 1.54) is 0 Å². The number of thiocarbonyl (C=S) groups is 1. The summed E-state index contributed by atoms with van der Waals surface area (Å²) in [5.41, 5.74) is 6.99. The summed E-state index contributed by atoms with van der Waals surface area (Å²) >= 11 is 4.90. The Kier molecular flexibility index (Phi) is 7.18. The fourth-order valence-electron chi connectivity index (χ4n) is 1.56. The lowest BCUT2D eigenvalue weighted by molar-refractivity contribution is -0.117. The Hall–Kier alpha value is -1.46. The van der Waals surface area contributed by atoms with Crippen molar-refractivity contribution in [1.29, 1.82) is 0 Å². The van der Waals surface area contributed by atoms with Crippen LogP contribution in [0.5, 0.6) is 0 Å². The van der Waals surface area contributed by atoms with Crippen LogP contribution < -0.4 is 11.1 Å². The summed E-state index contributed by atoms with van der Waals surface area (Å²) in [7, 11) is 0. The first kappa shape index (κ1) is 16.6. The lowest BCUT2D eigenvalue weighted by Crippen LogP contribution is -2.15. The minimum absolute atomic E-state index is 0.0744. The molecule has 0 heterocycles. The topological polar surface area (TPSA) is 64.3 Å². The zero-order valence-corrected chi connectivity index (χ0v) is 12.8. The SMILES string of the molecule is CC(C)CCOCCC(=O)Nc1cccc(C(N)=S)c1. The highest BCUT2D eigenvalue weighted by Gasteiger charge is 2.04. The zero-order valence-electron chi connectivity index (χ0n) is 12.0. The van der Waals surface area contributed by atoms with Gasteiger partial charge in [0.2, 0.25) is 5.91 Å². The molecule has 20 heavy (non-hydrogen) atoms. The van der Waals surface area contributed by atoms with Gasteiger partial charge in [-0.2, -0.15) is 0 Å². The fourth-order valence-corrected chi connectivity index (χ4v) is 1.69. The summed E-state index contributed by atoms with van der Waals surface area (Å²) in [5.74, 6) is 0.543. The smallest absolute Gasteiger partial charge is 0.226 e. The van der Waals surface area contributed by atoms with E-state index in [0.29, 0.717) is 36.2 Å². The van der Waals surface area contributed by atoms with E-state index in [2.05, 4.69) is 19.2 Å². The maximum Gasteiger partial charge on any atom is 0.226 e. The molecule has 1 aromatic carbocycles. The second-order valence-corrected chi connectivity index (χ2v) is 5.48. The highest BCUT2D eigenvalue weighted by atomic mass is 32.1. The molecule has 3 N–H and O–H groups in total. The number of anilines is 1. The maximum absolute atomic E-state index is 11.7. The van der Waals surface area contributed by atoms with Crippen LogP contribution in [0.1, 0.15) is 32.3 Å². The van der Waals surface area contributed by atoms with Gasteiger partial charge >= 0.3 is 0 Å².